The highest BCUT2D eigenvalue weighted by atomic mass is 16.5. The third-order valence-electron chi connectivity index (χ3n) is 6.07. The van der Waals surface area contributed by atoms with Crippen LogP contribution in [0.4, 0.5) is 0 Å². The summed E-state index contributed by atoms with van der Waals surface area (Å²) in [6, 6.07) is 14.6. The Kier molecular flexibility index (Phi) is 8.33. The van der Waals surface area contributed by atoms with Gasteiger partial charge >= 0.3 is 0 Å². The summed E-state index contributed by atoms with van der Waals surface area (Å²) in [6.45, 7) is 6.61. The average Bonchev–Trinajstić information content (AvgIpc) is 3.26. The van der Waals surface area contributed by atoms with Crippen LogP contribution in [0.25, 0.3) is 0 Å². The van der Waals surface area contributed by atoms with Crippen molar-refractivity contribution in [1.82, 2.24) is 10.7 Å². The van der Waals surface area contributed by atoms with Crippen molar-refractivity contribution < 1.29 is 23.7 Å². The van der Waals surface area contributed by atoms with Crippen LogP contribution < -0.4 is 20.2 Å². The fourth-order valence-electron chi connectivity index (χ4n) is 4.42. The van der Waals surface area contributed by atoms with Crippen LogP contribution in [0, 0.1) is 5.92 Å². The van der Waals surface area contributed by atoms with Gasteiger partial charge in [0.25, 0.3) is 11.8 Å². The van der Waals surface area contributed by atoms with Crippen LogP contribution in [0.3, 0.4) is 0 Å². The van der Waals surface area contributed by atoms with Crippen molar-refractivity contribution in [2.24, 2.45) is 5.92 Å². The third-order valence-corrected chi connectivity index (χ3v) is 6.07. The van der Waals surface area contributed by atoms with Crippen molar-refractivity contribution in [3.05, 3.63) is 59.7 Å². The molecular formula is C26H36N3O4+. The van der Waals surface area contributed by atoms with Gasteiger partial charge in [0, 0.05) is 24.0 Å². The topological polar surface area (TPSA) is 76.7 Å². The second kappa shape index (κ2) is 11.2. The van der Waals surface area contributed by atoms with Gasteiger partial charge in [-0.3, -0.25) is 9.59 Å². The standard InChI is InChI=1S/C26H35N3O4/c1-19(2)16-22(27-25(30)21-12-13-23(32-3)24(17-21)33-4)26(31)28-29(14-8-9-15-29)18-20-10-6-5-7-11-20/h5-7,10-13,17,19,22H,8-9,14-16,18H2,1-4H3,(H-,27,28,30,31)/p+1/t22-/m0/s1. The predicted octanol–water partition coefficient (Wildman–Crippen LogP) is 3.69. The van der Waals surface area contributed by atoms with Gasteiger partial charge in [0.05, 0.1) is 14.2 Å². The average molecular weight is 455 g/mol. The number of nitrogens with one attached hydrogen (secondary N) is 2. The van der Waals surface area contributed by atoms with Crippen LogP contribution in [0.15, 0.2) is 48.5 Å². The van der Waals surface area contributed by atoms with E-state index in [4.69, 9.17) is 9.47 Å². The van der Waals surface area contributed by atoms with Crippen LogP contribution in [0.1, 0.15) is 49.0 Å². The summed E-state index contributed by atoms with van der Waals surface area (Å²) in [5.41, 5.74) is 4.89. The van der Waals surface area contributed by atoms with Gasteiger partial charge in [-0.15, -0.1) is 0 Å². The Morgan fingerprint density at radius 1 is 0.970 bits per heavy atom. The molecule has 2 amide bonds. The molecule has 1 atom stereocenters. The monoisotopic (exact) mass is 454 g/mol. The molecule has 7 nitrogen and oxygen atoms in total. The Morgan fingerprint density at radius 3 is 2.24 bits per heavy atom. The van der Waals surface area contributed by atoms with Gasteiger partial charge in [0.1, 0.15) is 25.7 Å². The highest BCUT2D eigenvalue weighted by Crippen LogP contribution is 2.27. The van der Waals surface area contributed by atoms with Crippen molar-refractivity contribution in [3.8, 4) is 11.5 Å². The van der Waals surface area contributed by atoms with Gasteiger partial charge in [0.15, 0.2) is 11.5 Å². The lowest BCUT2D eigenvalue weighted by atomic mass is 10.0. The minimum absolute atomic E-state index is 0.143. The van der Waals surface area contributed by atoms with Gasteiger partial charge in [-0.1, -0.05) is 44.2 Å². The van der Waals surface area contributed by atoms with Gasteiger partial charge in [-0.2, -0.15) is 5.43 Å². The van der Waals surface area contributed by atoms with E-state index in [0.29, 0.717) is 28.1 Å². The van der Waals surface area contributed by atoms with E-state index in [1.54, 1.807) is 25.3 Å². The van der Waals surface area contributed by atoms with E-state index in [9.17, 15) is 9.59 Å². The van der Waals surface area contributed by atoms with E-state index in [1.165, 1.54) is 12.7 Å². The maximum atomic E-state index is 13.4. The molecule has 3 rings (SSSR count). The van der Waals surface area contributed by atoms with Crippen molar-refractivity contribution >= 4 is 11.8 Å². The zero-order chi connectivity index (χ0) is 23.8. The Morgan fingerprint density at radius 2 is 1.64 bits per heavy atom. The summed E-state index contributed by atoms with van der Waals surface area (Å²) < 4.78 is 11.1. The molecule has 1 fully saturated rings. The summed E-state index contributed by atoms with van der Waals surface area (Å²) in [5, 5.41) is 2.95. The molecule has 0 saturated carbocycles. The van der Waals surface area contributed by atoms with Crippen molar-refractivity contribution in [2.75, 3.05) is 27.3 Å². The van der Waals surface area contributed by atoms with Gasteiger partial charge in [0.2, 0.25) is 0 Å². The van der Waals surface area contributed by atoms with Crippen LogP contribution in [-0.4, -0.2) is 49.8 Å². The van der Waals surface area contributed by atoms with Crippen LogP contribution in [-0.2, 0) is 11.3 Å². The second-order valence-electron chi connectivity index (χ2n) is 9.14. The molecule has 1 saturated heterocycles. The van der Waals surface area contributed by atoms with Gasteiger partial charge in [-0.05, 0) is 30.5 Å². The quantitative estimate of drug-likeness (QED) is 0.537. The van der Waals surface area contributed by atoms with Crippen molar-refractivity contribution in [1.29, 1.82) is 0 Å². The Balaban J connectivity index is 1.76. The molecule has 0 unspecified atom stereocenters. The number of rotatable bonds is 10. The maximum absolute atomic E-state index is 13.4. The number of nitrogens with zero attached hydrogens (tertiary/aromatic N) is 1. The first-order chi connectivity index (χ1) is 15.9. The lowest BCUT2D eigenvalue weighted by Gasteiger charge is -2.35. The van der Waals surface area contributed by atoms with Crippen molar-refractivity contribution in [2.45, 2.75) is 45.7 Å². The summed E-state index contributed by atoms with van der Waals surface area (Å²) in [7, 11) is 3.08. The molecule has 0 spiro atoms. The molecule has 0 aromatic heterocycles. The Labute approximate surface area is 196 Å². The SMILES string of the molecule is COc1ccc(C(=O)N[C@@H](CC(C)C)C(=O)N[N+]2(Cc3ccccc3)CCCC2)cc1OC. The van der Waals surface area contributed by atoms with E-state index in [-0.39, 0.29) is 17.7 Å². The van der Waals surface area contributed by atoms with E-state index in [1.807, 2.05) is 32.0 Å². The second-order valence-corrected chi connectivity index (χ2v) is 9.14. The lowest BCUT2D eigenvalue weighted by Crippen LogP contribution is -2.62. The van der Waals surface area contributed by atoms with Crippen LogP contribution >= 0.6 is 0 Å². The van der Waals surface area contributed by atoms with Gasteiger partial charge in [-0.25, -0.2) is 4.59 Å². The molecule has 1 aliphatic rings. The fraction of sp³-hybridized carbons (Fsp3) is 0.462. The normalized spacial score (nSPS) is 15.7. The number of carbonyl (C=O) groups excluding carboxylic acids is 2. The largest absolute Gasteiger partial charge is 0.493 e. The Hall–Kier alpha value is -3.06. The first kappa shape index (κ1) is 24.6. The molecule has 33 heavy (non-hydrogen) atoms. The molecule has 2 N–H and O–H groups in total. The van der Waals surface area contributed by atoms with E-state index in [0.717, 1.165) is 32.5 Å². The molecule has 0 radical (unpaired) electrons. The number of ether oxygens (including phenoxy) is 2. The lowest BCUT2D eigenvalue weighted by molar-refractivity contribution is -0.963. The number of quaternary nitrogens is 1. The van der Waals surface area contributed by atoms with E-state index < -0.39 is 6.04 Å². The molecule has 2 aromatic carbocycles. The molecule has 7 heteroatoms. The number of carbonyl (C=O) groups is 2. The minimum atomic E-state index is -0.628. The summed E-state index contributed by atoms with van der Waals surface area (Å²) >= 11 is 0. The van der Waals surface area contributed by atoms with Crippen LogP contribution in [0.5, 0.6) is 11.5 Å². The zero-order valence-electron chi connectivity index (χ0n) is 20.1. The molecule has 0 bridgehead atoms. The number of hydrogen-bond acceptors (Lipinski definition) is 4. The third kappa shape index (κ3) is 6.48. The molecule has 0 aliphatic carbocycles. The molecular weight excluding hydrogens is 418 g/mol. The first-order valence-electron chi connectivity index (χ1n) is 11.6. The number of amides is 2. The molecule has 178 valence electrons. The zero-order valence-corrected chi connectivity index (χ0v) is 20.1. The first-order valence-corrected chi connectivity index (χ1v) is 11.6. The number of benzene rings is 2. The van der Waals surface area contributed by atoms with Crippen molar-refractivity contribution in [3.63, 3.8) is 0 Å². The van der Waals surface area contributed by atoms with Crippen LogP contribution in [0.2, 0.25) is 0 Å². The highest BCUT2D eigenvalue weighted by Gasteiger charge is 2.37. The highest BCUT2D eigenvalue weighted by molar-refractivity contribution is 5.98. The van der Waals surface area contributed by atoms with E-state index in [2.05, 4.69) is 22.9 Å². The number of hydrogen-bond donors (Lipinski definition) is 2. The maximum Gasteiger partial charge on any atom is 0.287 e. The smallest absolute Gasteiger partial charge is 0.287 e. The fourth-order valence-corrected chi connectivity index (χ4v) is 4.42. The summed E-state index contributed by atoms with van der Waals surface area (Å²) in [6.07, 6.45) is 2.69. The summed E-state index contributed by atoms with van der Waals surface area (Å²) in [5.74, 6) is 0.808. The number of methoxy groups -OCH3 is 2. The predicted molar refractivity (Wildman–Crippen MR) is 128 cm³/mol. The molecule has 1 aliphatic heterocycles. The molecule has 2 aromatic rings. The minimum Gasteiger partial charge on any atom is -0.493 e. The Bertz CT molecular complexity index is 940. The molecule has 1 heterocycles. The summed E-state index contributed by atoms with van der Waals surface area (Å²) in [4.78, 5) is 26.5. The van der Waals surface area contributed by atoms with E-state index >= 15 is 0 Å². The number of likely N-dealkylation sites (tertiary alicyclic amines) is 1. The van der Waals surface area contributed by atoms with Gasteiger partial charge < -0.3 is 14.8 Å².